The van der Waals surface area contributed by atoms with Gasteiger partial charge in [0.1, 0.15) is 11.2 Å². The van der Waals surface area contributed by atoms with Crippen molar-refractivity contribution in [2.24, 2.45) is 0 Å². The zero-order valence-electron chi connectivity index (χ0n) is 29.4. The highest BCUT2D eigenvalue weighted by molar-refractivity contribution is 6.27. The van der Waals surface area contributed by atoms with Crippen molar-refractivity contribution >= 4 is 82.1 Å². The molecule has 0 spiro atoms. The number of nitrogens with zero attached hydrogens (tertiary/aromatic N) is 1. The zero-order chi connectivity index (χ0) is 35.6. The van der Waals surface area contributed by atoms with Gasteiger partial charge in [0.05, 0.1) is 5.69 Å². The van der Waals surface area contributed by atoms with Crippen LogP contribution in [0.5, 0.6) is 0 Å². The first-order chi connectivity index (χ1) is 26.8. The number of furan rings is 1. The van der Waals surface area contributed by atoms with Gasteiger partial charge in [0.2, 0.25) is 0 Å². The highest BCUT2D eigenvalue weighted by Crippen LogP contribution is 2.45. The molecule has 0 atom stereocenters. The second-order valence-electron chi connectivity index (χ2n) is 14.1. The minimum Gasteiger partial charge on any atom is -0.456 e. The van der Waals surface area contributed by atoms with Crippen LogP contribution in [0.1, 0.15) is 0 Å². The Morgan fingerprint density at radius 3 is 1.80 bits per heavy atom. The molecule has 0 bridgehead atoms. The maximum absolute atomic E-state index is 6.27. The monoisotopic (exact) mass is 687 g/mol. The molecular weight excluding hydrogens is 655 g/mol. The molecule has 0 aliphatic rings. The minimum absolute atomic E-state index is 0.883. The van der Waals surface area contributed by atoms with Crippen molar-refractivity contribution < 1.29 is 4.42 Å². The Labute approximate surface area is 312 Å². The van der Waals surface area contributed by atoms with E-state index in [0.717, 1.165) is 44.6 Å². The molecular formula is C52H33NO. The van der Waals surface area contributed by atoms with E-state index >= 15 is 0 Å². The normalized spacial score (nSPS) is 11.7. The van der Waals surface area contributed by atoms with E-state index < -0.39 is 0 Å². The van der Waals surface area contributed by atoms with Gasteiger partial charge >= 0.3 is 0 Å². The zero-order valence-corrected chi connectivity index (χ0v) is 29.4. The van der Waals surface area contributed by atoms with Crippen LogP contribution in [-0.4, -0.2) is 0 Å². The largest absolute Gasteiger partial charge is 0.456 e. The average Bonchev–Trinajstić information content (AvgIpc) is 3.62. The molecule has 0 radical (unpaired) electrons. The fraction of sp³-hybridized carbons (Fsp3) is 0. The molecule has 11 rings (SSSR count). The third kappa shape index (κ3) is 4.88. The van der Waals surface area contributed by atoms with Gasteiger partial charge in [0.15, 0.2) is 0 Å². The first kappa shape index (κ1) is 30.5. The summed E-state index contributed by atoms with van der Waals surface area (Å²) in [7, 11) is 0. The second-order valence-corrected chi connectivity index (χ2v) is 14.1. The first-order valence-electron chi connectivity index (χ1n) is 18.5. The molecule has 0 aliphatic heterocycles. The molecule has 0 N–H and O–H groups in total. The van der Waals surface area contributed by atoms with Crippen molar-refractivity contribution in [3.63, 3.8) is 0 Å². The summed E-state index contributed by atoms with van der Waals surface area (Å²) in [5.74, 6) is 0. The molecule has 2 nitrogen and oxygen atoms in total. The molecule has 0 aliphatic carbocycles. The maximum Gasteiger partial charge on any atom is 0.135 e. The summed E-state index contributed by atoms with van der Waals surface area (Å²) in [5, 5.41) is 12.4. The van der Waals surface area contributed by atoms with E-state index in [1.165, 1.54) is 59.8 Å². The number of hydrogen-bond acceptors (Lipinski definition) is 2. The van der Waals surface area contributed by atoms with Crippen LogP contribution in [0.3, 0.4) is 0 Å². The quantitative estimate of drug-likeness (QED) is 0.168. The van der Waals surface area contributed by atoms with E-state index in [1.807, 2.05) is 12.1 Å². The molecule has 0 saturated carbocycles. The third-order valence-corrected chi connectivity index (χ3v) is 11.0. The van der Waals surface area contributed by atoms with E-state index in [2.05, 4.69) is 193 Å². The number of para-hydroxylation sites is 2. The summed E-state index contributed by atoms with van der Waals surface area (Å²) in [4.78, 5) is 2.40. The first-order valence-corrected chi connectivity index (χ1v) is 18.5. The maximum atomic E-state index is 6.27. The number of anilines is 3. The summed E-state index contributed by atoms with van der Waals surface area (Å²) in [6, 6.07) is 72.4. The van der Waals surface area contributed by atoms with Crippen LogP contribution < -0.4 is 4.90 Å². The SMILES string of the molecule is c1ccc(-c2cccc(N(c3ccc4oc5ccccc5c4c3)c3ccccc3-c3ccc4c(ccc5ccc6ccc7ccccc7c6c54)c3)c2)cc1. The molecule has 0 saturated heterocycles. The highest BCUT2D eigenvalue weighted by atomic mass is 16.3. The van der Waals surface area contributed by atoms with Gasteiger partial charge in [-0.1, -0.05) is 152 Å². The topological polar surface area (TPSA) is 16.4 Å². The van der Waals surface area contributed by atoms with Gasteiger partial charge < -0.3 is 9.32 Å². The third-order valence-electron chi connectivity index (χ3n) is 11.0. The van der Waals surface area contributed by atoms with Crippen LogP contribution in [0.25, 0.3) is 87.3 Å². The van der Waals surface area contributed by atoms with Crippen molar-refractivity contribution in [3.8, 4) is 22.3 Å². The Morgan fingerprint density at radius 1 is 0.315 bits per heavy atom. The Bertz CT molecular complexity index is 3220. The summed E-state index contributed by atoms with van der Waals surface area (Å²) in [6.07, 6.45) is 0. The lowest BCUT2D eigenvalue weighted by Gasteiger charge is -2.28. The summed E-state index contributed by atoms with van der Waals surface area (Å²) >= 11 is 0. The van der Waals surface area contributed by atoms with E-state index in [9.17, 15) is 0 Å². The predicted octanol–water partition coefficient (Wildman–Crippen LogP) is 15.0. The van der Waals surface area contributed by atoms with Gasteiger partial charge in [-0.3, -0.25) is 0 Å². The van der Waals surface area contributed by atoms with Crippen LogP contribution in [0.15, 0.2) is 205 Å². The van der Waals surface area contributed by atoms with E-state index in [1.54, 1.807) is 0 Å². The fourth-order valence-corrected chi connectivity index (χ4v) is 8.47. The van der Waals surface area contributed by atoms with Gasteiger partial charge in [0, 0.05) is 27.7 Å². The molecule has 10 aromatic carbocycles. The van der Waals surface area contributed by atoms with Gasteiger partial charge in [-0.2, -0.15) is 0 Å². The molecule has 1 aromatic heterocycles. The van der Waals surface area contributed by atoms with Gasteiger partial charge in [-0.15, -0.1) is 0 Å². The molecule has 0 amide bonds. The highest BCUT2D eigenvalue weighted by Gasteiger charge is 2.20. The molecule has 0 fully saturated rings. The molecule has 0 unspecified atom stereocenters. The summed E-state index contributed by atoms with van der Waals surface area (Å²) in [5.41, 5.74) is 9.71. The van der Waals surface area contributed by atoms with E-state index in [0.29, 0.717) is 0 Å². The van der Waals surface area contributed by atoms with Crippen LogP contribution in [0.2, 0.25) is 0 Å². The Hall–Kier alpha value is -7.16. The van der Waals surface area contributed by atoms with Crippen molar-refractivity contribution in [2.45, 2.75) is 0 Å². The van der Waals surface area contributed by atoms with Gasteiger partial charge in [-0.25, -0.2) is 0 Å². The molecule has 252 valence electrons. The van der Waals surface area contributed by atoms with Gasteiger partial charge in [-0.05, 0) is 108 Å². The van der Waals surface area contributed by atoms with Crippen LogP contribution in [0, 0.1) is 0 Å². The van der Waals surface area contributed by atoms with Crippen molar-refractivity contribution in [1.82, 2.24) is 0 Å². The fourth-order valence-electron chi connectivity index (χ4n) is 8.47. The van der Waals surface area contributed by atoms with Crippen LogP contribution in [0.4, 0.5) is 17.1 Å². The smallest absolute Gasteiger partial charge is 0.135 e. The minimum atomic E-state index is 0.883. The molecule has 54 heavy (non-hydrogen) atoms. The lowest BCUT2D eigenvalue weighted by molar-refractivity contribution is 0.669. The number of benzene rings is 10. The summed E-state index contributed by atoms with van der Waals surface area (Å²) in [6.45, 7) is 0. The van der Waals surface area contributed by atoms with Crippen molar-refractivity contribution in [3.05, 3.63) is 200 Å². The number of rotatable bonds is 5. The average molecular weight is 688 g/mol. The van der Waals surface area contributed by atoms with Crippen LogP contribution >= 0.6 is 0 Å². The van der Waals surface area contributed by atoms with Crippen molar-refractivity contribution in [1.29, 1.82) is 0 Å². The number of fused-ring (bicyclic) bond motifs is 10. The lowest BCUT2D eigenvalue weighted by Crippen LogP contribution is -2.11. The van der Waals surface area contributed by atoms with Crippen molar-refractivity contribution in [2.75, 3.05) is 4.90 Å². The molecule has 11 aromatic rings. The lowest BCUT2D eigenvalue weighted by atomic mass is 9.91. The Morgan fingerprint density at radius 2 is 0.944 bits per heavy atom. The Balaban J connectivity index is 1.13. The predicted molar refractivity (Wildman–Crippen MR) is 229 cm³/mol. The second kappa shape index (κ2) is 12.2. The molecule has 2 heteroatoms. The standard InChI is InChI=1S/C52H33NO/c1-2-11-34(12-3-1)38-14-10-15-41(32-38)53(42-28-30-50-47(33-42)46-18-7-9-20-49(46)54-50)48-19-8-6-16-43(48)39-27-29-45-40(31-39)26-25-37-24-23-36-22-21-35-13-4-5-17-44(35)51(36)52(37)45/h1-33H. The Kier molecular flexibility index (Phi) is 6.90. The van der Waals surface area contributed by atoms with E-state index in [-0.39, 0.29) is 0 Å². The van der Waals surface area contributed by atoms with E-state index in [4.69, 9.17) is 4.42 Å². The van der Waals surface area contributed by atoms with Gasteiger partial charge in [0.25, 0.3) is 0 Å². The molecule has 1 heterocycles. The van der Waals surface area contributed by atoms with Crippen LogP contribution in [-0.2, 0) is 0 Å². The summed E-state index contributed by atoms with van der Waals surface area (Å²) < 4.78 is 6.27. The number of hydrogen-bond donors (Lipinski definition) is 0.